The number of aromatic nitrogens is 2. The number of hydrogen-bond acceptors (Lipinski definition) is 2. The molecule has 0 spiro atoms. The van der Waals surface area contributed by atoms with Crippen molar-refractivity contribution in [3.05, 3.63) is 149 Å². The lowest BCUT2D eigenvalue weighted by Crippen LogP contribution is -2.13. The van der Waals surface area contributed by atoms with E-state index in [2.05, 4.69) is 104 Å². The zero-order chi connectivity index (χ0) is 28.4. The zero-order valence-electron chi connectivity index (χ0n) is 23.1. The normalized spacial score (nSPS) is 11.6. The van der Waals surface area contributed by atoms with E-state index in [-0.39, 0.29) is 5.56 Å². The van der Waals surface area contributed by atoms with Crippen LogP contribution in [0.5, 0.6) is 0 Å². The fourth-order valence-electron chi connectivity index (χ4n) is 6.26. The minimum absolute atomic E-state index is 0.0511. The SMILES string of the molecule is C=Cc1ccc(-c2cc(-c3ccc(C)cc3)c3nc4c5ccc(-c6ccccc6)c6cccc(c(=O)n4c3c2)c65)cc1. The van der Waals surface area contributed by atoms with Crippen LogP contribution < -0.4 is 5.56 Å². The van der Waals surface area contributed by atoms with E-state index in [0.717, 1.165) is 66.1 Å². The molecular weight excluding hydrogens is 512 g/mol. The van der Waals surface area contributed by atoms with E-state index in [4.69, 9.17) is 4.98 Å². The molecule has 0 aliphatic carbocycles. The van der Waals surface area contributed by atoms with Crippen molar-refractivity contribution >= 4 is 44.3 Å². The molecule has 0 saturated carbocycles. The molecule has 2 heterocycles. The largest absolute Gasteiger partial charge is 0.268 e. The molecule has 0 saturated heterocycles. The molecule has 6 aromatic carbocycles. The molecule has 0 aliphatic rings. The summed E-state index contributed by atoms with van der Waals surface area (Å²) in [6.07, 6.45) is 1.85. The molecule has 2 aromatic heterocycles. The highest BCUT2D eigenvalue weighted by atomic mass is 16.1. The van der Waals surface area contributed by atoms with Gasteiger partial charge in [-0.1, -0.05) is 115 Å². The summed E-state index contributed by atoms with van der Waals surface area (Å²) in [5, 5.41) is 3.70. The molecule has 198 valence electrons. The van der Waals surface area contributed by atoms with Gasteiger partial charge in [0.1, 0.15) is 5.65 Å². The maximum absolute atomic E-state index is 14.4. The highest BCUT2D eigenvalue weighted by Gasteiger charge is 2.20. The minimum atomic E-state index is -0.0511. The minimum Gasteiger partial charge on any atom is -0.268 e. The molecule has 0 radical (unpaired) electrons. The van der Waals surface area contributed by atoms with E-state index in [1.807, 2.05) is 40.8 Å². The third-order valence-corrected chi connectivity index (χ3v) is 8.40. The van der Waals surface area contributed by atoms with E-state index in [1.165, 1.54) is 5.56 Å². The number of rotatable bonds is 4. The van der Waals surface area contributed by atoms with Gasteiger partial charge in [-0.05, 0) is 70.0 Å². The van der Waals surface area contributed by atoms with E-state index < -0.39 is 0 Å². The van der Waals surface area contributed by atoms with E-state index >= 15 is 0 Å². The first-order valence-corrected chi connectivity index (χ1v) is 14.1. The Morgan fingerprint density at radius 3 is 2.12 bits per heavy atom. The van der Waals surface area contributed by atoms with Gasteiger partial charge in [0, 0.05) is 21.7 Å². The number of imidazole rings is 1. The average molecular weight is 539 g/mol. The number of hydrogen-bond donors (Lipinski definition) is 0. The Balaban J connectivity index is 1.50. The highest BCUT2D eigenvalue weighted by Crippen LogP contribution is 2.39. The number of nitrogens with zero attached hydrogens (tertiary/aromatic N) is 2. The van der Waals surface area contributed by atoms with Crippen molar-refractivity contribution in [1.29, 1.82) is 0 Å². The summed E-state index contributed by atoms with van der Waals surface area (Å²) in [6, 6.07) is 41.8. The summed E-state index contributed by atoms with van der Waals surface area (Å²) in [7, 11) is 0. The van der Waals surface area contributed by atoms with Crippen molar-refractivity contribution in [3.63, 3.8) is 0 Å². The van der Waals surface area contributed by atoms with E-state index in [1.54, 1.807) is 0 Å². The quantitative estimate of drug-likeness (QED) is 0.224. The second-order valence-corrected chi connectivity index (χ2v) is 10.9. The molecular formula is C39H26N2O. The van der Waals surface area contributed by atoms with Gasteiger partial charge in [0.15, 0.2) is 0 Å². The monoisotopic (exact) mass is 538 g/mol. The Bertz CT molecular complexity index is 2370. The predicted molar refractivity (Wildman–Crippen MR) is 176 cm³/mol. The molecule has 8 rings (SSSR count). The maximum atomic E-state index is 14.4. The van der Waals surface area contributed by atoms with Gasteiger partial charge in [-0.3, -0.25) is 9.20 Å². The van der Waals surface area contributed by atoms with Gasteiger partial charge in [0.25, 0.3) is 5.56 Å². The Morgan fingerprint density at radius 2 is 1.36 bits per heavy atom. The molecule has 42 heavy (non-hydrogen) atoms. The summed E-state index contributed by atoms with van der Waals surface area (Å²) in [4.78, 5) is 19.6. The van der Waals surface area contributed by atoms with Crippen LogP contribution in [-0.4, -0.2) is 9.38 Å². The highest BCUT2D eigenvalue weighted by molar-refractivity contribution is 6.19. The maximum Gasteiger partial charge on any atom is 0.264 e. The van der Waals surface area contributed by atoms with Crippen LogP contribution in [0.2, 0.25) is 0 Å². The number of aryl methyl sites for hydroxylation is 1. The fraction of sp³-hybridized carbons (Fsp3) is 0.0256. The van der Waals surface area contributed by atoms with Crippen molar-refractivity contribution in [2.45, 2.75) is 6.92 Å². The molecule has 3 heteroatoms. The molecule has 0 amide bonds. The Hall–Kier alpha value is -5.54. The molecule has 0 unspecified atom stereocenters. The molecule has 3 nitrogen and oxygen atoms in total. The summed E-state index contributed by atoms with van der Waals surface area (Å²) < 4.78 is 1.81. The van der Waals surface area contributed by atoms with Gasteiger partial charge >= 0.3 is 0 Å². The lowest BCUT2D eigenvalue weighted by Gasteiger charge is -2.12. The first-order chi connectivity index (χ1) is 20.6. The van der Waals surface area contributed by atoms with Crippen LogP contribution in [0, 0.1) is 6.92 Å². The standard InChI is InChI=1S/C39H26N2O/c1-3-25-14-18-26(19-15-25)29-22-34(28-16-12-24(2)13-17-28)37-35(23-29)41-38(40-37)32-21-20-30(27-8-5-4-6-9-27)31-10-7-11-33(36(31)32)39(41)42/h3-23H,1H2,2H3. The topological polar surface area (TPSA) is 34.4 Å². The fourth-order valence-corrected chi connectivity index (χ4v) is 6.26. The molecule has 0 aliphatic heterocycles. The van der Waals surface area contributed by atoms with Crippen LogP contribution in [-0.2, 0) is 0 Å². The molecule has 0 fully saturated rings. The Kier molecular flexibility index (Phi) is 5.35. The number of benzene rings is 6. The van der Waals surface area contributed by atoms with Crippen LogP contribution in [0.25, 0.3) is 77.7 Å². The van der Waals surface area contributed by atoms with Gasteiger partial charge in [-0.25, -0.2) is 4.98 Å². The third kappa shape index (κ3) is 3.60. The van der Waals surface area contributed by atoms with Crippen LogP contribution in [0.3, 0.4) is 0 Å². The second-order valence-electron chi connectivity index (χ2n) is 10.9. The lowest BCUT2D eigenvalue weighted by atomic mass is 9.94. The van der Waals surface area contributed by atoms with Crippen LogP contribution in [0.4, 0.5) is 0 Å². The van der Waals surface area contributed by atoms with Crippen LogP contribution in [0.1, 0.15) is 11.1 Å². The van der Waals surface area contributed by atoms with E-state index in [9.17, 15) is 4.79 Å². The van der Waals surface area contributed by atoms with Gasteiger partial charge < -0.3 is 0 Å². The Labute approximate surface area is 243 Å². The molecule has 8 aromatic rings. The number of pyridine rings is 1. The van der Waals surface area contributed by atoms with Crippen LogP contribution >= 0.6 is 0 Å². The van der Waals surface area contributed by atoms with Gasteiger partial charge in [0.2, 0.25) is 0 Å². The molecule has 0 bridgehead atoms. The van der Waals surface area contributed by atoms with Crippen molar-refractivity contribution in [2.24, 2.45) is 0 Å². The second kappa shape index (κ2) is 9.25. The van der Waals surface area contributed by atoms with Gasteiger partial charge in [-0.15, -0.1) is 0 Å². The predicted octanol–water partition coefficient (Wildman–Crippen LogP) is 9.54. The van der Waals surface area contributed by atoms with Gasteiger partial charge in [0.05, 0.1) is 11.0 Å². The van der Waals surface area contributed by atoms with Crippen molar-refractivity contribution in [1.82, 2.24) is 9.38 Å². The van der Waals surface area contributed by atoms with Crippen molar-refractivity contribution in [3.8, 4) is 33.4 Å². The summed E-state index contributed by atoms with van der Waals surface area (Å²) >= 11 is 0. The summed E-state index contributed by atoms with van der Waals surface area (Å²) in [5.41, 5.74) is 10.9. The number of fused-ring (bicyclic) bond motifs is 4. The van der Waals surface area contributed by atoms with Crippen molar-refractivity contribution in [2.75, 3.05) is 0 Å². The smallest absolute Gasteiger partial charge is 0.264 e. The summed E-state index contributed by atoms with van der Waals surface area (Å²) in [5.74, 6) is 0. The molecule has 0 atom stereocenters. The van der Waals surface area contributed by atoms with Crippen LogP contribution in [0.15, 0.2) is 133 Å². The first-order valence-electron chi connectivity index (χ1n) is 14.1. The van der Waals surface area contributed by atoms with Crippen molar-refractivity contribution < 1.29 is 0 Å². The zero-order valence-corrected chi connectivity index (χ0v) is 23.1. The first kappa shape index (κ1) is 24.3. The average Bonchev–Trinajstić information content (AvgIpc) is 3.44. The summed E-state index contributed by atoms with van der Waals surface area (Å²) in [6.45, 7) is 5.98. The van der Waals surface area contributed by atoms with Gasteiger partial charge in [-0.2, -0.15) is 0 Å². The molecule has 0 N–H and O–H groups in total. The lowest BCUT2D eigenvalue weighted by molar-refractivity contribution is 1.19. The van der Waals surface area contributed by atoms with E-state index in [0.29, 0.717) is 11.0 Å². The third-order valence-electron chi connectivity index (χ3n) is 8.40. The Morgan fingerprint density at radius 1 is 0.643 bits per heavy atom.